The highest BCUT2D eigenvalue weighted by Crippen LogP contribution is 2.39. The summed E-state index contributed by atoms with van der Waals surface area (Å²) in [7, 11) is 1.36. The van der Waals surface area contributed by atoms with E-state index >= 15 is 0 Å². The second-order valence-corrected chi connectivity index (χ2v) is 9.38. The molecule has 0 aliphatic heterocycles. The second-order valence-electron chi connectivity index (χ2n) is 6.86. The molecule has 1 aliphatic rings. The van der Waals surface area contributed by atoms with Crippen LogP contribution in [0.25, 0.3) is 0 Å². The third kappa shape index (κ3) is 5.19. The number of nitrogens with one attached hydrogen (secondary N) is 2. The number of hydrogen-bond donors (Lipinski definition) is 2. The van der Waals surface area contributed by atoms with E-state index in [0.29, 0.717) is 16.3 Å². The fourth-order valence-electron chi connectivity index (χ4n) is 3.29. The summed E-state index contributed by atoms with van der Waals surface area (Å²) in [5, 5.41) is 5.87. The number of benzene rings is 1. The summed E-state index contributed by atoms with van der Waals surface area (Å²) in [6.45, 7) is 3.27. The van der Waals surface area contributed by atoms with Crippen LogP contribution in [0, 0.1) is 0 Å². The highest BCUT2D eigenvalue weighted by atomic mass is 32.2. The molecule has 0 bridgehead atoms. The topological polar surface area (TPSA) is 84.5 Å². The van der Waals surface area contributed by atoms with Crippen molar-refractivity contribution in [3.05, 3.63) is 40.3 Å². The van der Waals surface area contributed by atoms with E-state index in [9.17, 15) is 14.4 Å². The van der Waals surface area contributed by atoms with Crippen LogP contribution in [-0.4, -0.2) is 30.1 Å². The van der Waals surface area contributed by atoms with Gasteiger partial charge in [-0.05, 0) is 56.4 Å². The molecule has 6 nitrogen and oxygen atoms in total. The molecule has 0 saturated carbocycles. The number of hydrogen-bond acceptors (Lipinski definition) is 6. The van der Waals surface area contributed by atoms with Gasteiger partial charge < -0.3 is 15.4 Å². The van der Waals surface area contributed by atoms with Gasteiger partial charge in [0.05, 0.1) is 17.9 Å². The lowest BCUT2D eigenvalue weighted by Gasteiger charge is -2.13. The molecule has 1 aliphatic carbocycles. The van der Waals surface area contributed by atoms with Gasteiger partial charge in [-0.25, -0.2) is 4.79 Å². The van der Waals surface area contributed by atoms with Crippen molar-refractivity contribution in [2.75, 3.05) is 17.7 Å². The van der Waals surface area contributed by atoms with Crippen LogP contribution in [0.5, 0.6) is 0 Å². The molecular formula is C21H24N2O4S2. The molecule has 29 heavy (non-hydrogen) atoms. The molecule has 1 heterocycles. The number of ether oxygens (including phenoxy) is 1. The Morgan fingerprint density at radius 2 is 1.93 bits per heavy atom. The minimum atomic E-state index is -0.400. The maximum absolute atomic E-state index is 12.8. The van der Waals surface area contributed by atoms with Crippen molar-refractivity contribution in [1.29, 1.82) is 0 Å². The van der Waals surface area contributed by atoms with Crippen molar-refractivity contribution in [2.24, 2.45) is 0 Å². The van der Waals surface area contributed by atoms with Crippen LogP contribution in [0.4, 0.5) is 10.7 Å². The Morgan fingerprint density at radius 3 is 2.66 bits per heavy atom. The van der Waals surface area contributed by atoms with Gasteiger partial charge in [0.25, 0.3) is 0 Å². The van der Waals surface area contributed by atoms with Gasteiger partial charge in [0, 0.05) is 22.4 Å². The monoisotopic (exact) mass is 432 g/mol. The number of thiophene rings is 1. The lowest BCUT2D eigenvalue weighted by atomic mass is 9.95. The van der Waals surface area contributed by atoms with Crippen LogP contribution < -0.4 is 10.6 Å². The van der Waals surface area contributed by atoms with Crippen LogP contribution in [0.3, 0.4) is 0 Å². The molecule has 2 aromatic rings. The Bertz CT molecular complexity index is 939. The highest BCUT2D eigenvalue weighted by Gasteiger charge is 2.28. The van der Waals surface area contributed by atoms with Gasteiger partial charge >= 0.3 is 5.97 Å². The van der Waals surface area contributed by atoms with E-state index in [0.717, 1.165) is 41.0 Å². The van der Waals surface area contributed by atoms with Crippen molar-refractivity contribution < 1.29 is 19.1 Å². The minimum Gasteiger partial charge on any atom is -0.465 e. The molecule has 1 aromatic heterocycles. The normalized spacial score (nSPS) is 13.9. The van der Waals surface area contributed by atoms with Crippen molar-refractivity contribution in [2.45, 2.75) is 49.7 Å². The summed E-state index contributed by atoms with van der Waals surface area (Å²) in [6, 6.07) is 7.36. The Hall–Kier alpha value is -2.32. The average Bonchev–Trinajstić information content (AvgIpc) is 3.04. The zero-order valence-corrected chi connectivity index (χ0v) is 18.3. The summed E-state index contributed by atoms with van der Waals surface area (Å²) in [5.41, 5.74) is 2.21. The van der Waals surface area contributed by atoms with E-state index < -0.39 is 5.97 Å². The van der Waals surface area contributed by atoms with Crippen LogP contribution in [-0.2, 0) is 27.2 Å². The first-order chi connectivity index (χ1) is 13.9. The van der Waals surface area contributed by atoms with Crippen LogP contribution in [0.1, 0.15) is 47.5 Å². The van der Waals surface area contributed by atoms with Gasteiger partial charge in [0.2, 0.25) is 11.8 Å². The Balaban J connectivity index is 1.74. The summed E-state index contributed by atoms with van der Waals surface area (Å²) in [6.07, 6.45) is 3.91. The summed E-state index contributed by atoms with van der Waals surface area (Å²) in [4.78, 5) is 38.4. The number of carbonyl (C=O) groups is 3. The number of fused-ring (bicyclic) bond motifs is 1. The molecule has 8 heteroatoms. The molecule has 0 saturated heterocycles. The Morgan fingerprint density at radius 1 is 1.17 bits per heavy atom. The zero-order valence-electron chi connectivity index (χ0n) is 16.7. The SMILES string of the molecule is COC(=O)c1c(NC(=O)C(C)Sc2cccc(NC(C)=O)c2)sc2c1CCCC2. The predicted octanol–water partition coefficient (Wildman–Crippen LogP) is 4.49. The third-order valence-corrected chi connectivity index (χ3v) is 6.94. The van der Waals surface area contributed by atoms with Gasteiger partial charge in [0.1, 0.15) is 5.00 Å². The first-order valence-corrected chi connectivity index (χ1v) is 11.2. The van der Waals surface area contributed by atoms with Crippen LogP contribution >= 0.6 is 23.1 Å². The Kier molecular flexibility index (Phi) is 6.97. The largest absolute Gasteiger partial charge is 0.465 e. The van der Waals surface area contributed by atoms with Gasteiger partial charge in [-0.3, -0.25) is 9.59 Å². The van der Waals surface area contributed by atoms with Crippen molar-refractivity contribution in [3.63, 3.8) is 0 Å². The van der Waals surface area contributed by atoms with E-state index in [1.165, 1.54) is 37.1 Å². The quantitative estimate of drug-likeness (QED) is 0.519. The predicted molar refractivity (Wildman–Crippen MR) is 117 cm³/mol. The number of rotatable bonds is 6. The van der Waals surface area contributed by atoms with E-state index in [-0.39, 0.29) is 17.1 Å². The zero-order chi connectivity index (χ0) is 21.0. The van der Waals surface area contributed by atoms with E-state index in [2.05, 4.69) is 10.6 Å². The van der Waals surface area contributed by atoms with E-state index in [1.54, 1.807) is 6.07 Å². The molecule has 3 rings (SSSR count). The number of esters is 1. The molecule has 1 unspecified atom stereocenters. The second kappa shape index (κ2) is 9.45. The summed E-state index contributed by atoms with van der Waals surface area (Å²) >= 11 is 2.87. The van der Waals surface area contributed by atoms with E-state index in [1.807, 2.05) is 25.1 Å². The molecular weight excluding hydrogens is 408 g/mol. The summed E-state index contributed by atoms with van der Waals surface area (Å²) in [5.74, 6) is -0.721. The van der Waals surface area contributed by atoms with Gasteiger partial charge in [-0.15, -0.1) is 23.1 Å². The van der Waals surface area contributed by atoms with E-state index in [4.69, 9.17) is 4.74 Å². The van der Waals surface area contributed by atoms with Crippen LogP contribution in [0.2, 0.25) is 0 Å². The van der Waals surface area contributed by atoms with Gasteiger partial charge in [-0.2, -0.15) is 0 Å². The minimum absolute atomic E-state index is 0.144. The summed E-state index contributed by atoms with van der Waals surface area (Å²) < 4.78 is 4.96. The number of anilines is 2. The fraction of sp³-hybridized carbons (Fsp3) is 0.381. The molecule has 2 amide bonds. The maximum atomic E-state index is 12.8. The molecule has 0 fully saturated rings. The number of amides is 2. The third-order valence-electron chi connectivity index (χ3n) is 4.63. The number of thioether (sulfide) groups is 1. The fourth-order valence-corrected chi connectivity index (χ4v) is 5.50. The highest BCUT2D eigenvalue weighted by molar-refractivity contribution is 8.00. The first-order valence-electron chi connectivity index (χ1n) is 9.47. The molecule has 0 radical (unpaired) electrons. The lowest BCUT2D eigenvalue weighted by molar-refractivity contribution is -0.115. The van der Waals surface area contributed by atoms with Crippen molar-refractivity contribution >= 4 is 51.6 Å². The first kappa shape index (κ1) is 21.4. The molecule has 0 spiro atoms. The lowest BCUT2D eigenvalue weighted by Crippen LogP contribution is -2.23. The van der Waals surface area contributed by atoms with Crippen molar-refractivity contribution in [3.8, 4) is 0 Å². The molecule has 2 N–H and O–H groups in total. The smallest absolute Gasteiger partial charge is 0.341 e. The van der Waals surface area contributed by atoms with Crippen molar-refractivity contribution in [1.82, 2.24) is 0 Å². The van der Waals surface area contributed by atoms with Gasteiger partial charge in [-0.1, -0.05) is 6.07 Å². The van der Waals surface area contributed by atoms with Crippen LogP contribution in [0.15, 0.2) is 29.2 Å². The number of aryl methyl sites for hydroxylation is 1. The average molecular weight is 433 g/mol. The number of methoxy groups -OCH3 is 1. The van der Waals surface area contributed by atoms with Gasteiger partial charge in [0.15, 0.2) is 0 Å². The molecule has 1 atom stereocenters. The standard InChI is InChI=1S/C21H24N2O4S2/c1-12(28-15-8-6-7-14(11-15)22-13(2)24)19(25)23-20-18(21(26)27-3)16-9-4-5-10-17(16)29-20/h6-8,11-12H,4-5,9-10H2,1-3H3,(H,22,24)(H,23,25). The maximum Gasteiger partial charge on any atom is 0.341 e. The number of carbonyl (C=O) groups excluding carboxylic acids is 3. The molecule has 154 valence electrons. The Labute approximate surface area is 178 Å². The molecule has 1 aromatic carbocycles.